The number of nitrogens with zero attached hydrogens (tertiary/aromatic N) is 2. The highest BCUT2D eigenvalue weighted by Gasteiger charge is 2.37. The van der Waals surface area contributed by atoms with E-state index in [2.05, 4.69) is 10.3 Å². The van der Waals surface area contributed by atoms with Crippen molar-refractivity contribution in [1.29, 1.82) is 0 Å². The summed E-state index contributed by atoms with van der Waals surface area (Å²) in [7, 11) is 0. The predicted octanol–water partition coefficient (Wildman–Crippen LogP) is 2.29. The smallest absolute Gasteiger partial charge is 0.352 e. The van der Waals surface area contributed by atoms with Gasteiger partial charge in [-0.25, -0.2) is 4.98 Å². The van der Waals surface area contributed by atoms with Crippen LogP contribution in [0.3, 0.4) is 0 Å². The van der Waals surface area contributed by atoms with Gasteiger partial charge in [0.15, 0.2) is 0 Å². The molecule has 1 aliphatic rings. The summed E-state index contributed by atoms with van der Waals surface area (Å²) in [6.45, 7) is 3.93. The van der Waals surface area contributed by atoms with Crippen molar-refractivity contribution >= 4 is 5.82 Å². The highest BCUT2D eigenvalue weighted by atomic mass is 19.4. The van der Waals surface area contributed by atoms with Crippen molar-refractivity contribution in [3.05, 3.63) is 23.9 Å². The average Bonchev–Trinajstić information content (AvgIpc) is 2.83. The van der Waals surface area contributed by atoms with Crippen LogP contribution in [0, 0.1) is 0 Å². The lowest BCUT2D eigenvalue weighted by Crippen LogP contribution is -2.38. The number of alkyl halides is 3. The Kier molecular flexibility index (Phi) is 3.75. The number of hydrogen-bond donors (Lipinski definition) is 1. The van der Waals surface area contributed by atoms with Gasteiger partial charge in [0.05, 0.1) is 5.56 Å². The first-order valence-electron chi connectivity index (χ1n) is 6.03. The molecule has 1 atom stereocenters. The van der Waals surface area contributed by atoms with Crippen LogP contribution in [-0.4, -0.2) is 30.7 Å². The molecule has 0 aromatic carbocycles. The summed E-state index contributed by atoms with van der Waals surface area (Å²) < 4.78 is 38.8. The van der Waals surface area contributed by atoms with E-state index in [4.69, 9.17) is 0 Å². The summed E-state index contributed by atoms with van der Waals surface area (Å²) in [6, 6.07) is 2.51. The molecular formula is C12H16F3N3. The van der Waals surface area contributed by atoms with E-state index in [1.165, 1.54) is 12.3 Å². The van der Waals surface area contributed by atoms with Crippen LogP contribution in [0.15, 0.2) is 18.3 Å². The second kappa shape index (κ2) is 5.14. The van der Waals surface area contributed by atoms with E-state index in [0.29, 0.717) is 13.1 Å². The Labute approximate surface area is 104 Å². The van der Waals surface area contributed by atoms with Gasteiger partial charge in [-0.05, 0) is 32.0 Å². The molecule has 0 radical (unpaired) electrons. The number of halogens is 3. The lowest BCUT2D eigenvalue weighted by Gasteiger charge is -2.30. The Morgan fingerprint density at radius 1 is 1.50 bits per heavy atom. The Morgan fingerprint density at radius 2 is 2.28 bits per heavy atom. The van der Waals surface area contributed by atoms with Crippen molar-refractivity contribution in [3.63, 3.8) is 0 Å². The summed E-state index contributed by atoms with van der Waals surface area (Å²) in [5, 5.41) is 3.16. The molecule has 2 rings (SSSR count). The van der Waals surface area contributed by atoms with Crippen LogP contribution in [0.5, 0.6) is 0 Å². The molecule has 1 aliphatic heterocycles. The highest BCUT2D eigenvalue weighted by molar-refractivity contribution is 5.49. The Morgan fingerprint density at radius 3 is 2.83 bits per heavy atom. The van der Waals surface area contributed by atoms with E-state index in [1.54, 1.807) is 4.90 Å². The molecule has 6 heteroatoms. The van der Waals surface area contributed by atoms with Gasteiger partial charge in [-0.3, -0.25) is 0 Å². The van der Waals surface area contributed by atoms with Crippen molar-refractivity contribution in [2.24, 2.45) is 0 Å². The van der Waals surface area contributed by atoms with Crippen LogP contribution in [0.2, 0.25) is 0 Å². The quantitative estimate of drug-likeness (QED) is 0.902. The fraction of sp³-hybridized carbons (Fsp3) is 0.583. The third-order valence-electron chi connectivity index (χ3n) is 3.18. The van der Waals surface area contributed by atoms with Crippen molar-refractivity contribution in [1.82, 2.24) is 10.3 Å². The summed E-state index contributed by atoms with van der Waals surface area (Å²) in [4.78, 5) is 5.68. The van der Waals surface area contributed by atoms with E-state index in [9.17, 15) is 13.2 Å². The molecule has 0 aliphatic carbocycles. The van der Waals surface area contributed by atoms with Crippen LogP contribution >= 0.6 is 0 Å². The first-order chi connectivity index (χ1) is 8.54. The monoisotopic (exact) mass is 259 g/mol. The van der Waals surface area contributed by atoms with E-state index >= 15 is 0 Å². The van der Waals surface area contributed by atoms with Gasteiger partial charge >= 0.3 is 6.18 Å². The van der Waals surface area contributed by atoms with Crippen molar-refractivity contribution in [2.45, 2.75) is 25.6 Å². The molecule has 100 valence electrons. The summed E-state index contributed by atoms with van der Waals surface area (Å²) in [5.41, 5.74) is -0.654. The second-order valence-electron chi connectivity index (χ2n) is 4.30. The third kappa shape index (κ3) is 2.58. The van der Waals surface area contributed by atoms with E-state index in [-0.39, 0.29) is 11.9 Å². The van der Waals surface area contributed by atoms with Crippen LogP contribution in [0.4, 0.5) is 19.0 Å². The third-order valence-corrected chi connectivity index (χ3v) is 3.18. The zero-order chi connectivity index (χ0) is 13.2. The summed E-state index contributed by atoms with van der Waals surface area (Å²) in [5.74, 6) is 0.0428. The minimum atomic E-state index is -4.36. The fourth-order valence-electron chi connectivity index (χ4n) is 2.33. The molecule has 0 bridgehead atoms. The second-order valence-corrected chi connectivity index (χ2v) is 4.30. The van der Waals surface area contributed by atoms with Crippen molar-refractivity contribution in [3.8, 4) is 0 Å². The predicted molar refractivity (Wildman–Crippen MR) is 63.5 cm³/mol. The maximum absolute atomic E-state index is 12.9. The largest absolute Gasteiger partial charge is 0.419 e. The van der Waals surface area contributed by atoms with Gasteiger partial charge in [-0.1, -0.05) is 0 Å². The van der Waals surface area contributed by atoms with Gasteiger partial charge in [0.1, 0.15) is 5.82 Å². The van der Waals surface area contributed by atoms with Crippen molar-refractivity contribution < 1.29 is 13.2 Å². The van der Waals surface area contributed by atoms with Gasteiger partial charge in [0.2, 0.25) is 0 Å². The van der Waals surface area contributed by atoms with Gasteiger partial charge in [-0.15, -0.1) is 0 Å². The molecular weight excluding hydrogens is 243 g/mol. The maximum Gasteiger partial charge on any atom is 0.419 e. The number of rotatable bonds is 3. The molecule has 0 spiro atoms. The van der Waals surface area contributed by atoms with Gasteiger partial charge in [0.25, 0.3) is 0 Å². The van der Waals surface area contributed by atoms with E-state index in [0.717, 1.165) is 19.0 Å². The van der Waals surface area contributed by atoms with Crippen LogP contribution in [0.1, 0.15) is 18.9 Å². The van der Waals surface area contributed by atoms with Gasteiger partial charge in [0, 0.05) is 25.3 Å². The van der Waals surface area contributed by atoms with Crippen LogP contribution < -0.4 is 10.2 Å². The Balaban J connectivity index is 2.35. The van der Waals surface area contributed by atoms with E-state index in [1.807, 2.05) is 6.92 Å². The zero-order valence-corrected chi connectivity index (χ0v) is 10.2. The van der Waals surface area contributed by atoms with Gasteiger partial charge < -0.3 is 10.2 Å². The summed E-state index contributed by atoms with van der Waals surface area (Å²) in [6.07, 6.45) is -2.10. The molecule has 1 fully saturated rings. The van der Waals surface area contributed by atoms with E-state index < -0.39 is 11.7 Å². The molecule has 18 heavy (non-hydrogen) atoms. The lowest BCUT2D eigenvalue weighted by molar-refractivity contribution is -0.137. The number of hydrogen-bond acceptors (Lipinski definition) is 3. The van der Waals surface area contributed by atoms with Crippen LogP contribution in [0.25, 0.3) is 0 Å². The molecule has 1 aromatic heterocycles. The minimum absolute atomic E-state index is 0.0428. The maximum atomic E-state index is 12.9. The molecule has 1 saturated heterocycles. The first kappa shape index (κ1) is 13.1. The normalized spacial score (nSPS) is 20.1. The van der Waals surface area contributed by atoms with Crippen molar-refractivity contribution in [2.75, 3.05) is 24.5 Å². The molecule has 0 saturated carbocycles. The highest BCUT2D eigenvalue weighted by Crippen LogP contribution is 2.36. The van der Waals surface area contributed by atoms with Gasteiger partial charge in [-0.2, -0.15) is 13.2 Å². The molecule has 1 unspecified atom stereocenters. The number of nitrogens with one attached hydrogen (secondary N) is 1. The zero-order valence-electron chi connectivity index (χ0n) is 10.2. The Bertz CT molecular complexity index is 400. The molecule has 1 aromatic rings. The first-order valence-corrected chi connectivity index (χ1v) is 6.03. The average molecular weight is 259 g/mol. The number of likely N-dealkylation sites (N-methyl/N-ethyl adjacent to an activating group) is 1. The lowest BCUT2D eigenvalue weighted by atomic mass is 10.1. The molecule has 2 heterocycles. The Hall–Kier alpha value is -1.30. The SMILES string of the molecule is CCN(c1ncccc1C(F)(F)F)C1CCNC1. The topological polar surface area (TPSA) is 28.2 Å². The number of anilines is 1. The fourth-order valence-corrected chi connectivity index (χ4v) is 2.33. The standard InChI is InChI=1S/C12H16F3N3/c1-2-18(9-5-7-16-8-9)11-10(12(13,14)15)4-3-6-17-11/h3-4,6,9,16H,2,5,7-8H2,1H3. The molecule has 0 amide bonds. The van der Waals surface area contributed by atoms with Crippen LogP contribution in [-0.2, 0) is 6.18 Å². The summed E-state index contributed by atoms with van der Waals surface area (Å²) >= 11 is 0. The number of pyridine rings is 1. The minimum Gasteiger partial charge on any atom is -0.352 e. The molecule has 1 N–H and O–H groups in total. The molecule has 3 nitrogen and oxygen atoms in total. The number of aromatic nitrogens is 1.